The second-order valence-corrected chi connectivity index (χ2v) is 8.17. The minimum atomic E-state index is -0.133. The average Bonchev–Trinajstić information content (AvgIpc) is 2.93. The van der Waals surface area contributed by atoms with Crippen LogP contribution in [0.3, 0.4) is 0 Å². The van der Waals surface area contributed by atoms with E-state index in [1.165, 1.54) is 43.4 Å². The summed E-state index contributed by atoms with van der Waals surface area (Å²) < 4.78 is 0. The zero-order chi connectivity index (χ0) is 16.7. The molecule has 0 unspecified atom stereocenters. The third-order valence-corrected chi connectivity index (χ3v) is 6.32. The van der Waals surface area contributed by atoms with Crippen LogP contribution in [0, 0.1) is 5.41 Å². The number of nitrogens with zero attached hydrogens (tertiary/aromatic N) is 4. The number of aromatic nitrogens is 2. The molecule has 1 saturated heterocycles. The van der Waals surface area contributed by atoms with E-state index in [1.54, 1.807) is 0 Å². The smallest absolute Gasteiger partial charge is 0.227 e. The average molecular weight is 330 g/mol. The zero-order valence-corrected chi connectivity index (χ0v) is 15.1. The van der Waals surface area contributed by atoms with Gasteiger partial charge >= 0.3 is 0 Å². The van der Waals surface area contributed by atoms with Crippen molar-refractivity contribution in [1.29, 1.82) is 0 Å². The van der Waals surface area contributed by atoms with Gasteiger partial charge in [-0.25, -0.2) is 4.98 Å². The number of fused-ring (bicyclic) bond motifs is 1. The number of rotatable bonds is 2. The van der Waals surface area contributed by atoms with Crippen LogP contribution in [0.5, 0.6) is 0 Å². The van der Waals surface area contributed by atoms with Crippen molar-refractivity contribution in [2.75, 3.05) is 37.0 Å². The summed E-state index contributed by atoms with van der Waals surface area (Å²) in [6.07, 6.45) is 10.2. The standard InChI is InChI=1S/C19H30N4O/c1-22(2)18-20-15-8-4-3-7-14(15)17(21-18)23-12-6-11-19(13-23)10-5-9-16(19)24/h16,24H,3-13H2,1-2H3/t16-,19+/m1/s1. The number of hydrogen-bond acceptors (Lipinski definition) is 5. The van der Waals surface area contributed by atoms with Crippen molar-refractivity contribution in [3.63, 3.8) is 0 Å². The van der Waals surface area contributed by atoms with Gasteiger partial charge in [0.1, 0.15) is 5.82 Å². The highest BCUT2D eigenvalue weighted by Gasteiger charge is 2.45. The maximum Gasteiger partial charge on any atom is 0.227 e. The third-order valence-electron chi connectivity index (χ3n) is 6.32. The van der Waals surface area contributed by atoms with E-state index in [1.807, 2.05) is 19.0 Å². The Hall–Kier alpha value is -1.36. The highest BCUT2D eigenvalue weighted by Crippen LogP contribution is 2.46. The molecule has 0 radical (unpaired) electrons. The fraction of sp³-hybridized carbons (Fsp3) is 0.789. The number of anilines is 2. The minimum absolute atomic E-state index is 0.100. The summed E-state index contributed by atoms with van der Waals surface area (Å²) >= 11 is 0. The summed E-state index contributed by atoms with van der Waals surface area (Å²) in [5.41, 5.74) is 2.72. The molecule has 1 saturated carbocycles. The van der Waals surface area contributed by atoms with Crippen molar-refractivity contribution in [2.24, 2.45) is 5.41 Å². The molecule has 0 aromatic carbocycles. The molecule has 4 rings (SSSR count). The molecule has 0 bridgehead atoms. The number of hydrogen-bond donors (Lipinski definition) is 1. The molecule has 1 spiro atoms. The van der Waals surface area contributed by atoms with E-state index < -0.39 is 0 Å². The van der Waals surface area contributed by atoms with E-state index in [-0.39, 0.29) is 11.5 Å². The summed E-state index contributed by atoms with van der Waals surface area (Å²) in [5.74, 6) is 1.99. The van der Waals surface area contributed by atoms with Crippen molar-refractivity contribution in [3.05, 3.63) is 11.3 Å². The van der Waals surface area contributed by atoms with Crippen LogP contribution in [-0.4, -0.2) is 48.4 Å². The maximum absolute atomic E-state index is 10.6. The van der Waals surface area contributed by atoms with Crippen LogP contribution >= 0.6 is 0 Å². The first-order valence-corrected chi connectivity index (χ1v) is 9.59. The van der Waals surface area contributed by atoms with Crippen LogP contribution in [-0.2, 0) is 12.8 Å². The van der Waals surface area contributed by atoms with E-state index in [2.05, 4.69) is 4.90 Å². The molecule has 24 heavy (non-hydrogen) atoms. The van der Waals surface area contributed by atoms with Crippen molar-refractivity contribution < 1.29 is 5.11 Å². The summed E-state index contributed by atoms with van der Waals surface area (Å²) in [6.45, 7) is 2.02. The topological polar surface area (TPSA) is 52.5 Å². The van der Waals surface area contributed by atoms with E-state index in [0.717, 1.165) is 50.5 Å². The van der Waals surface area contributed by atoms with Crippen LogP contribution in [0.4, 0.5) is 11.8 Å². The molecule has 1 aromatic rings. The first kappa shape index (κ1) is 16.1. The van der Waals surface area contributed by atoms with Gasteiger partial charge in [0.25, 0.3) is 0 Å². The molecule has 1 N–H and O–H groups in total. The highest BCUT2D eigenvalue weighted by atomic mass is 16.3. The molecule has 132 valence electrons. The fourth-order valence-electron chi connectivity index (χ4n) is 4.96. The largest absolute Gasteiger partial charge is 0.392 e. The van der Waals surface area contributed by atoms with Crippen LogP contribution in [0.25, 0.3) is 0 Å². The van der Waals surface area contributed by atoms with Crippen LogP contribution < -0.4 is 9.80 Å². The van der Waals surface area contributed by atoms with Gasteiger partial charge in [-0.05, 0) is 51.4 Å². The number of piperidine rings is 1. The van der Waals surface area contributed by atoms with Crippen molar-refractivity contribution in [2.45, 2.75) is 63.9 Å². The van der Waals surface area contributed by atoms with Gasteiger partial charge in [0.15, 0.2) is 0 Å². The second-order valence-electron chi connectivity index (χ2n) is 8.17. The Labute approximate surface area is 145 Å². The van der Waals surface area contributed by atoms with E-state index >= 15 is 0 Å². The van der Waals surface area contributed by atoms with Gasteiger partial charge in [-0.2, -0.15) is 4.98 Å². The van der Waals surface area contributed by atoms with E-state index in [9.17, 15) is 5.11 Å². The maximum atomic E-state index is 10.6. The quantitative estimate of drug-likeness (QED) is 0.903. The molecule has 2 heterocycles. The van der Waals surface area contributed by atoms with Crippen LogP contribution in [0.1, 0.15) is 56.2 Å². The SMILES string of the molecule is CN(C)c1nc2c(c(N3CCC[C@@]4(CCC[C@H]4O)C3)n1)CCCC2. The molecular formula is C19H30N4O. The van der Waals surface area contributed by atoms with Crippen LogP contribution in [0.2, 0.25) is 0 Å². The normalized spacial score (nSPS) is 29.8. The minimum Gasteiger partial charge on any atom is -0.392 e. The van der Waals surface area contributed by atoms with Gasteiger partial charge in [-0.3, -0.25) is 0 Å². The molecule has 2 atom stereocenters. The lowest BCUT2D eigenvalue weighted by Crippen LogP contribution is -2.48. The molecule has 2 fully saturated rings. The second kappa shape index (κ2) is 6.17. The van der Waals surface area contributed by atoms with E-state index in [4.69, 9.17) is 9.97 Å². The lowest BCUT2D eigenvalue weighted by Gasteiger charge is -2.44. The molecule has 5 heteroatoms. The third kappa shape index (κ3) is 2.67. The van der Waals surface area contributed by atoms with E-state index in [0.29, 0.717) is 0 Å². The number of aliphatic hydroxyl groups is 1. The fourth-order valence-corrected chi connectivity index (χ4v) is 4.96. The van der Waals surface area contributed by atoms with Crippen LogP contribution in [0.15, 0.2) is 0 Å². The summed E-state index contributed by atoms with van der Waals surface area (Å²) in [4.78, 5) is 14.2. The highest BCUT2D eigenvalue weighted by molar-refractivity contribution is 5.54. The summed E-state index contributed by atoms with van der Waals surface area (Å²) in [5, 5.41) is 10.6. The Morgan fingerprint density at radius 2 is 1.88 bits per heavy atom. The molecule has 3 aliphatic rings. The molecule has 0 amide bonds. The Balaban J connectivity index is 1.71. The molecule has 2 aliphatic carbocycles. The predicted molar refractivity (Wildman–Crippen MR) is 96.7 cm³/mol. The van der Waals surface area contributed by atoms with Gasteiger partial charge in [-0.1, -0.05) is 6.42 Å². The van der Waals surface area contributed by atoms with Gasteiger partial charge in [0.05, 0.1) is 11.8 Å². The van der Waals surface area contributed by atoms with Crippen molar-refractivity contribution in [1.82, 2.24) is 9.97 Å². The summed E-state index contributed by atoms with van der Waals surface area (Å²) in [6, 6.07) is 0. The monoisotopic (exact) mass is 330 g/mol. The van der Waals surface area contributed by atoms with Gasteiger partial charge in [0.2, 0.25) is 5.95 Å². The first-order chi connectivity index (χ1) is 11.6. The Bertz CT molecular complexity index is 618. The van der Waals surface area contributed by atoms with Crippen molar-refractivity contribution in [3.8, 4) is 0 Å². The van der Waals surface area contributed by atoms with Crippen molar-refractivity contribution >= 4 is 11.8 Å². The first-order valence-electron chi connectivity index (χ1n) is 9.59. The zero-order valence-electron chi connectivity index (χ0n) is 15.1. The van der Waals surface area contributed by atoms with Gasteiger partial charge in [-0.15, -0.1) is 0 Å². The lowest BCUT2D eigenvalue weighted by molar-refractivity contribution is 0.0407. The molecule has 1 aliphatic heterocycles. The molecule has 5 nitrogen and oxygen atoms in total. The number of aryl methyl sites for hydroxylation is 1. The lowest BCUT2D eigenvalue weighted by atomic mass is 9.76. The van der Waals surface area contributed by atoms with Gasteiger partial charge < -0.3 is 14.9 Å². The molecular weight excluding hydrogens is 300 g/mol. The Morgan fingerprint density at radius 3 is 2.62 bits per heavy atom. The number of aliphatic hydroxyl groups excluding tert-OH is 1. The molecule has 1 aromatic heterocycles. The van der Waals surface area contributed by atoms with Gasteiger partial charge in [0, 0.05) is 38.2 Å². The Kier molecular flexibility index (Phi) is 4.15. The summed E-state index contributed by atoms with van der Waals surface area (Å²) in [7, 11) is 4.04. The Morgan fingerprint density at radius 1 is 1.08 bits per heavy atom. The predicted octanol–water partition coefficient (Wildman–Crippen LogP) is 2.55.